The summed E-state index contributed by atoms with van der Waals surface area (Å²) in [6.07, 6.45) is 1.67. The number of thioether (sulfide) groups is 1. The van der Waals surface area contributed by atoms with Crippen molar-refractivity contribution in [3.63, 3.8) is 0 Å². The third-order valence-corrected chi connectivity index (χ3v) is 5.41. The van der Waals surface area contributed by atoms with Gasteiger partial charge in [0.15, 0.2) is 4.32 Å². The third kappa shape index (κ3) is 4.10. The number of aromatic carboxylic acids is 2. The lowest BCUT2D eigenvalue weighted by Crippen LogP contribution is -2.28. The molecule has 0 bridgehead atoms. The molecule has 0 atom stereocenters. The van der Waals surface area contributed by atoms with Gasteiger partial charge in [-0.25, -0.2) is 9.59 Å². The molecule has 1 fully saturated rings. The van der Waals surface area contributed by atoms with E-state index in [2.05, 4.69) is 15.9 Å². The van der Waals surface area contributed by atoms with Crippen molar-refractivity contribution in [2.45, 2.75) is 0 Å². The van der Waals surface area contributed by atoms with Crippen molar-refractivity contribution in [3.05, 3.63) is 68.5 Å². The van der Waals surface area contributed by atoms with E-state index in [1.807, 2.05) is 24.3 Å². The second-order valence-electron chi connectivity index (χ2n) is 5.45. The summed E-state index contributed by atoms with van der Waals surface area (Å²) >= 11 is 9.69. The van der Waals surface area contributed by atoms with Crippen LogP contribution in [0.5, 0.6) is 0 Å². The average molecular weight is 464 g/mol. The molecule has 1 amide bonds. The van der Waals surface area contributed by atoms with Crippen LogP contribution < -0.4 is 4.90 Å². The van der Waals surface area contributed by atoms with E-state index >= 15 is 0 Å². The minimum absolute atomic E-state index is 0.104. The number of hydrogen-bond donors (Lipinski definition) is 2. The summed E-state index contributed by atoms with van der Waals surface area (Å²) in [4.78, 5) is 36.9. The Morgan fingerprint density at radius 3 is 2.26 bits per heavy atom. The molecule has 1 aliphatic rings. The van der Waals surface area contributed by atoms with Crippen LogP contribution in [-0.2, 0) is 4.79 Å². The molecule has 3 rings (SSSR count). The SMILES string of the molecule is O=C(O)c1cc(C(=O)O)cc(N2C(=O)/C(=C/c3cccc(Br)c3)SC2=S)c1. The predicted octanol–water partition coefficient (Wildman–Crippen LogP) is 4.25. The van der Waals surface area contributed by atoms with Crippen LogP contribution in [0.15, 0.2) is 51.8 Å². The van der Waals surface area contributed by atoms with E-state index in [1.54, 1.807) is 6.08 Å². The van der Waals surface area contributed by atoms with Gasteiger partial charge in [0.05, 0.1) is 21.7 Å². The number of carboxylic acid groups (broad SMARTS) is 2. The monoisotopic (exact) mass is 463 g/mol. The van der Waals surface area contributed by atoms with Crippen LogP contribution in [0.4, 0.5) is 5.69 Å². The number of carboxylic acids is 2. The lowest BCUT2D eigenvalue weighted by atomic mass is 10.1. The number of halogens is 1. The highest BCUT2D eigenvalue weighted by Gasteiger charge is 2.34. The molecule has 0 aliphatic carbocycles. The molecular weight excluding hydrogens is 454 g/mol. The number of rotatable bonds is 4. The molecule has 0 aromatic heterocycles. The first-order valence-corrected chi connectivity index (χ1v) is 9.43. The van der Waals surface area contributed by atoms with Crippen LogP contribution in [0, 0.1) is 0 Å². The van der Waals surface area contributed by atoms with Crippen LogP contribution in [-0.4, -0.2) is 32.4 Å². The zero-order valence-corrected chi connectivity index (χ0v) is 16.6. The van der Waals surface area contributed by atoms with Crippen LogP contribution in [0.1, 0.15) is 26.3 Å². The van der Waals surface area contributed by atoms with Crippen LogP contribution in [0.2, 0.25) is 0 Å². The zero-order valence-electron chi connectivity index (χ0n) is 13.4. The van der Waals surface area contributed by atoms with E-state index in [0.717, 1.165) is 32.8 Å². The number of carbonyl (C=O) groups excluding carboxylic acids is 1. The summed E-state index contributed by atoms with van der Waals surface area (Å²) in [7, 11) is 0. The molecule has 1 aliphatic heterocycles. The van der Waals surface area contributed by atoms with Gasteiger partial charge in [0.1, 0.15) is 0 Å². The smallest absolute Gasteiger partial charge is 0.335 e. The fraction of sp³-hybridized carbons (Fsp3) is 0. The number of anilines is 1. The van der Waals surface area contributed by atoms with Gasteiger partial charge in [0, 0.05) is 4.47 Å². The highest BCUT2D eigenvalue weighted by atomic mass is 79.9. The Morgan fingerprint density at radius 2 is 1.70 bits per heavy atom. The van der Waals surface area contributed by atoms with Gasteiger partial charge >= 0.3 is 11.9 Å². The summed E-state index contributed by atoms with van der Waals surface area (Å²) in [6, 6.07) is 10.8. The van der Waals surface area contributed by atoms with Crippen molar-refractivity contribution in [1.82, 2.24) is 0 Å². The maximum Gasteiger partial charge on any atom is 0.335 e. The molecular formula is C18H10BrNO5S2. The molecule has 6 nitrogen and oxygen atoms in total. The summed E-state index contributed by atoms with van der Waals surface area (Å²) in [5.74, 6) is -3.03. The van der Waals surface area contributed by atoms with Gasteiger partial charge in [-0.05, 0) is 42.0 Å². The zero-order chi connectivity index (χ0) is 19.7. The van der Waals surface area contributed by atoms with E-state index in [4.69, 9.17) is 12.2 Å². The number of amides is 1. The first kappa shape index (κ1) is 19.3. The number of nitrogens with zero attached hydrogens (tertiary/aromatic N) is 1. The maximum atomic E-state index is 12.8. The number of thiocarbonyl (C=S) groups is 1. The Hall–Kier alpha value is -2.49. The molecule has 9 heteroatoms. The summed E-state index contributed by atoms with van der Waals surface area (Å²) in [5.41, 5.74) is 0.410. The standard InChI is InChI=1S/C18H10BrNO5S2/c19-12-3-1-2-9(4-12)5-14-15(21)20(18(26)27-14)13-7-10(16(22)23)6-11(8-13)17(24)25/h1-8H,(H,22,23)(H,24,25)/b14-5-. The lowest BCUT2D eigenvalue weighted by molar-refractivity contribution is -0.113. The van der Waals surface area contributed by atoms with E-state index in [0.29, 0.717) is 4.91 Å². The topological polar surface area (TPSA) is 94.9 Å². The minimum atomic E-state index is -1.30. The molecule has 136 valence electrons. The minimum Gasteiger partial charge on any atom is -0.478 e. The van der Waals surface area contributed by atoms with E-state index < -0.39 is 17.8 Å². The normalized spacial score (nSPS) is 15.4. The predicted molar refractivity (Wildman–Crippen MR) is 110 cm³/mol. The molecule has 0 radical (unpaired) electrons. The molecule has 0 unspecified atom stereocenters. The summed E-state index contributed by atoms with van der Waals surface area (Å²) in [6.45, 7) is 0. The molecule has 2 aromatic rings. The van der Waals surface area contributed by atoms with Gasteiger partial charge in [-0.15, -0.1) is 0 Å². The van der Waals surface area contributed by atoms with Crippen molar-refractivity contribution < 1.29 is 24.6 Å². The Bertz CT molecular complexity index is 1000. The molecule has 0 saturated carbocycles. The second kappa shape index (κ2) is 7.63. The Morgan fingerprint density at radius 1 is 1.07 bits per heavy atom. The number of hydrogen-bond acceptors (Lipinski definition) is 5. The Labute approximate surface area is 171 Å². The molecule has 2 aromatic carbocycles. The van der Waals surface area contributed by atoms with Crippen molar-refractivity contribution in [3.8, 4) is 0 Å². The maximum absolute atomic E-state index is 12.8. The average Bonchev–Trinajstić information content (AvgIpc) is 2.88. The van der Waals surface area contributed by atoms with Gasteiger partial charge in [0.25, 0.3) is 5.91 Å². The van der Waals surface area contributed by atoms with Crippen molar-refractivity contribution in [2.24, 2.45) is 0 Å². The van der Waals surface area contributed by atoms with Gasteiger partial charge in [-0.1, -0.05) is 52.0 Å². The Balaban J connectivity index is 2.03. The van der Waals surface area contributed by atoms with Crippen LogP contribution in [0.3, 0.4) is 0 Å². The molecule has 1 saturated heterocycles. The second-order valence-corrected chi connectivity index (χ2v) is 8.04. The van der Waals surface area contributed by atoms with Crippen molar-refractivity contribution >= 4 is 73.8 Å². The summed E-state index contributed by atoms with van der Waals surface area (Å²) < 4.78 is 1.05. The van der Waals surface area contributed by atoms with Crippen LogP contribution >= 0.6 is 39.9 Å². The molecule has 27 heavy (non-hydrogen) atoms. The highest BCUT2D eigenvalue weighted by Crippen LogP contribution is 2.37. The molecule has 1 heterocycles. The van der Waals surface area contributed by atoms with E-state index in [-0.39, 0.29) is 21.1 Å². The van der Waals surface area contributed by atoms with Crippen molar-refractivity contribution in [1.29, 1.82) is 0 Å². The number of carbonyl (C=O) groups is 3. The lowest BCUT2D eigenvalue weighted by Gasteiger charge is -2.16. The largest absolute Gasteiger partial charge is 0.478 e. The van der Waals surface area contributed by atoms with E-state index in [9.17, 15) is 24.6 Å². The molecule has 2 N–H and O–H groups in total. The fourth-order valence-corrected chi connectivity index (χ4v) is 4.14. The van der Waals surface area contributed by atoms with Gasteiger partial charge in [0.2, 0.25) is 0 Å². The fourth-order valence-electron chi connectivity index (χ4n) is 2.43. The summed E-state index contributed by atoms with van der Waals surface area (Å²) in [5, 5.41) is 18.4. The Kier molecular flexibility index (Phi) is 5.45. The highest BCUT2D eigenvalue weighted by molar-refractivity contribution is 9.10. The molecule has 0 spiro atoms. The van der Waals surface area contributed by atoms with Crippen molar-refractivity contribution in [2.75, 3.05) is 4.90 Å². The van der Waals surface area contributed by atoms with E-state index in [1.165, 1.54) is 12.1 Å². The number of benzene rings is 2. The third-order valence-electron chi connectivity index (χ3n) is 3.61. The first-order chi connectivity index (χ1) is 12.8. The van der Waals surface area contributed by atoms with Gasteiger partial charge in [-0.3, -0.25) is 9.69 Å². The first-order valence-electron chi connectivity index (χ1n) is 7.41. The van der Waals surface area contributed by atoms with Gasteiger partial charge in [-0.2, -0.15) is 0 Å². The van der Waals surface area contributed by atoms with Gasteiger partial charge < -0.3 is 10.2 Å². The quantitative estimate of drug-likeness (QED) is 0.516. The van der Waals surface area contributed by atoms with Crippen LogP contribution in [0.25, 0.3) is 6.08 Å².